The molecule has 1 aliphatic heterocycles. The molecule has 11 heteroatoms. The number of nitrogens with zero attached hydrogens (tertiary/aromatic N) is 4. The number of piperidine rings is 1. The van der Waals surface area contributed by atoms with Gasteiger partial charge in [0.05, 0.1) is 11.3 Å². The predicted molar refractivity (Wildman–Crippen MR) is 142 cm³/mol. The van der Waals surface area contributed by atoms with Gasteiger partial charge in [0.1, 0.15) is 21.5 Å². The maximum atomic E-state index is 14.0. The Bertz CT molecular complexity index is 1240. The van der Waals surface area contributed by atoms with Crippen molar-refractivity contribution in [2.75, 3.05) is 45.2 Å². The number of rotatable bonds is 10. The fraction of sp³-hybridized carbons (Fsp3) is 0.500. The first kappa shape index (κ1) is 26.0. The summed E-state index contributed by atoms with van der Waals surface area (Å²) < 4.78 is 35.2. The molecule has 0 N–H and O–H groups in total. The van der Waals surface area contributed by atoms with Crippen molar-refractivity contribution in [1.82, 2.24) is 14.2 Å². The van der Waals surface area contributed by atoms with Crippen LogP contribution in [-0.4, -0.2) is 74.9 Å². The van der Waals surface area contributed by atoms with Crippen molar-refractivity contribution in [1.29, 1.82) is 0 Å². The molecule has 0 aliphatic carbocycles. The highest BCUT2D eigenvalue weighted by atomic mass is 32.2. The Morgan fingerprint density at radius 3 is 2.74 bits per heavy atom. The lowest BCUT2D eigenvalue weighted by Gasteiger charge is -2.36. The van der Waals surface area contributed by atoms with Crippen LogP contribution in [0, 0.1) is 0 Å². The van der Waals surface area contributed by atoms with Crippen LogP contribution < -0.4 is 9.64 Å². The lowest BCUT2D eigenvalue weighted by atomic mass is 10.0. The van der Waals surface area contributed by atoms with Gasteiger partial charge in [0.15, 0.2) is 5.13 Å². The maximum Gasteiger partial charge on any atom is 0.253 e. The minimum Gasteiger partial charge on any atom is -0.492 e. The standard InChI is InChI=1S/C24H32N4O4S3/c1-4-32-19-11-7-12-20-22(19)25-24(34-20)27(15-9-14-26(2)3)23(29)18-10-5-6-16-28(18)35(30,31)21-13-8-17-33-21/h7-8,11-13,17-18H,4-6,9-10,14-16H2,1-3H3. The topological polar surface area (TPSA) is 83.0 Å². The summed E-state index contributed by atoms with van der Waals surface area (Å²) in [6, 6.07) is 8.36. The van der Waals surface area contributed by atoms with E-state index in [1.54, 1.807) is 22.4 Å². The summed E-state index contributed by atoms with van der Waals surface area (Å²) in [7, 11) is 0.247. The number of hydrogen-bond donors (Lipinski definition) is 0. The van der Waals surface area contributed by atoms with Gasteiger partial charge in [-0.1, -0.05) is 29.9 Å². The summed E-state index contributed by atoms with van der Waals surface area (Å²) in [5, 5.41) is 2.33. The fourth-order valence-electron chi connectivity index (χ4n) is 4.29. The van der Waals surface area contributed by atoms with E-state index in [1.807, 2.05) is 39.2 Å². The first-order valence-electron chi connectivity index (χ1n) is 11.9. The van der Waals surface area contributed by atoms with Gasteiger partial charge in [0.25, 0.3) is 10.0 Å². The Balaban J connectivity index is 1.69. The minimum absolute atomic E-state index is 0.208. The van der Waals surface area contributed by atoms with E-state index < -0.39 is 16.1 Å². The molecule has 1 aliphatic rings. The molecule has 1 unspecified atom stereocenters. The Labute approximate surface area is 215 Å². The average Bonchev–Trinajstić information content (AvgIpc) is 3.53. The molecular formula is C24H32N4O4S3. The molecule has 0 saturated carbocycles. The number of thiazole rings is 1. The maximum absolute atomic E-state index is 14.0. The summed E-state index contributed by atoms with van der Waals surface area (Å²) >= 11 is 2.62. The Kier molecular flexibility index (Phi) is 8.43. The fourth-order valence-corrected chi connectivity index (χ4v) is 8.07. The van der Waals surface area contributed by atoms with Crippen LogP contribution in [0.25, 0.3) is 10.2 Å². The molecule has 1 aromatic carbocycles. The average molecular weight is 537 g/mol. The Morgan fingerprint density at radius 2 is 2.03 bits per heavy atom. The third kappa shape index (κ3) is 5.69. The van der Waals surface area contributed by atoms with Crippen LogP contribution in [0.15, 0.2) is 39.9 Å². The normalized spacial score (nSPS) is 17.2. The van der Waals surface area contributed by atoms with E-state index in [2.05, 4.69) is 4.90 Å². The van der Waals surface area contributed by atoms with Crippen molar-refractivity contribution >= 4 is 54.0 Å². The molecule has 4 rings (SSSR count). The highest BCUT2D eigenvalue weighted by molar-refractivity contribution is 7.91. The number of thiophene rings is 1. The van der Waals surface area contributed by atoms with Gasteiger partial charge in [-0.3, -0.25) is 9.69 Å². The number of amides is 1. The van der Waals surface area contributed by atoms with Crippen LogP contribution in [-0.2, 0) is 14.8 Å². The molecule has 190 valence electrons. The zero-order valence-electron chi connectivity index (χ0n) is 20.3. The van der Waals surface area contributed by atoms with E-state index in [9.17, 15) is 13.2 Å². The van der Waals surface area contributed by atoms with Crippen molar-refractivity contribution in [3.8, 4) is 5.75 Å². The second-order valence-electron chi connectivity index (χ2n) is 8.74. The summed E-state index contributed by atoms with van der Waals surface area (Å²) in [4.78, 5) is 22.6. The predicted octanol–water partition coefficient (Wildman–Crippen LogP) is 4.28. The molecule has 1 atom stereocenters. The third-order valence-electron chi connectivity index (χ3n) is 5.95. The summed E-state index contributed by atoms with van der Waals surface area (Å²) in [6.45, 7) is 4.06. The van der Waals surface area contributed by atoms with Crippen LogP contribution in [0.4, 0.5) is 5.13 Å². The van der Waals surface area contributed by atoms with Crippen LogP contribution >= 0.6 is 22.7 Å². The van der Waals surface area contributed by atoms with Gasteiger partial charge in [0, 0.05) is 13.1 Å². The molecule has 0 radical (unpaired) electrons. The number of ether oxygens (including phenoxy) is 1. The molecule has 35 heavy (non-hydrogen) atoms. The van der Waals surface area contributed by atoms with Gasteiger partial charge in [0.2, 0.25) is 5.91 Å². The molecule has 0 spiro atoms. The molecule has 3 heterocycles. The largest absolute Gasteiger partial charge is 0.492 e. The van der Waals surface area contributed by atoms with E-state index in [4.69, 9.17) is 9.72 Å². The number of fused-ring (bicyclic) bond motifs is 1. The van der Waals surface area contributed by atoms with Crippen molar-refractivity contribution in [2.45, 2.75) is 42.9 Å². The van der Waals surface area contributed by atoms with Crippen molar-refractivity contribution in [3.05, 3.63) is 35.7 Å². The van der Waals surface area contributed by atoms with Crippen molar-refractivity contribution in [3.63, 3.8) is 0 Å². The zero-order chi connectivity index (χ0) is 25.0. The minimum atomic E-state index is -3.74. The third-order valence-corrected chi connectivity index (χ3v) is 10.3. The van der Waals surface area contributed by atoms with Gasteiger partial charge in [-0.25, -0.2) is 13.4 Å². The number of sulfonamides is 1. The summed E-state index contributed by atoms with van der Waals surface area (Å²) in [5.74, 6) is 0.480. The number of anilines is 1. The van der Waals surface area contributed by atoms with Gasteiger partial charge in [-0.2, -0.15) is 4.31 Å². The molecule has 3 aromatic rings. The number of benzene rings is 1. The second-order valence-corrected chi connectivity index (χ2v) is 12.8. The zero-order valence-corrected chi connectivity index (χ0v) is 22.8. The van der Waals surface area contributed by atoms with E-state index in [-0.39, 0.29) is 10.1 Å². The number of para-hydroxylation sites is 1. The number of carbonyl (C=O) groups is 1. The first-order chi connectivity index (χ1) is 16.8. The number of hydrogen-bond acceptors (Lipinski definition) is 8. The molecule has 8 nitrogen and oxygen atoms in total. The Morgan fingerprint density at radius 1 is 1.20 bits per heavy atom. The monoisotopic (exact) mass is 536 g/mol. The van der Waals surface area contributed by atoms with Crippen LogP contribution in [0.3, 0.4) is 0 Å². The second kappa shape index (κ2) is 11.3. The molecule has 1 fully saturated rings. The van der Waals surface area contributed by atoms with E-state index >= 15 is 0 Å². The number of carbonyl (C=O) groups excluding carboxylic acids is 1. The number of aromatic nitrogens is 1. The Hall–Kier alpha value is -2.05. The van der Waals surface area contributed by atoms with Gasteiger partial charge in [-0.15, -0.1) is 11.3 Å². The quantitative estimate of drug-likeness (QED) is 0.385. The molecule has 1 saturated heterocycles. The lowest BCUT2D eigenvalue weighted by molar-refractivity contribution is -0.123. The molecular weight excluding hydrogens is 504 g/mol. The highest BCUT2D eigenvalue weighted by Crippen LogP contribution is 2.36. The van der Waals surface area contributed by atoms with Crippen LogP contribution in [0.5, 0.6) is 5.75 Å². The molecule has 0 bridgehead atoms. The van der Waals surface area contributed by atoms with E-state index in [0.29, 0.717) is 37.0 Å². The van der Waals surface area contributed by atoms with Crippen LogP contribution in [0.2, 0.25) is 0 Å². The summed E-state index contributed by atoms with van der Waals surface area (Å²) in [6.07, 6.45) is 2.81. The highest BCUT2D eigenvalue weighted by Gasteiger charge is 2.40. The van der Waals surface area contributed by atoms with Crippen molar-refractivity contribution < 1.29 is 17.9 Å². The summed E-state index contributed by atoms with van der Waals surface area (Å²) in [5.41, 5.74) is 0.728. The SMILES string of the molecule is CCOc1cccc2sc(N(CCCN(C)C)C(=O)C3CCCCN3S(=O)(=O)c3cccs3)nc12. The van der Waals surface area contributed by atoms with Crippen LogP contribution in [0.1, 0.15) is 32.6 Å². The first-order valence-corrected chi connectivity index (χ1v) is 15.0. The van der Waals surface area contributed by atoms with E-state index in [0.717, 1.165) is 36.0 Å². The molecule has 2 aromatic heterocycles. The van der Waals surface area contributed by atoms with E-state index in [1.165, 1.54) is 27.0 Å². The van der Waals surface area contributed by atoms with Gasteiger partial charge >= 0.3 is 0 Å². The van der Waals surface area contributed by atoms with Crippen molar-refractivity contribution in [2.24, 2.45) is 0 Å². The lowest BCUT2D eigenvalue weighted by Crippen LogP contribution is -2.53. The van der Waals surface area contributed by atoms with Gasteiger partial charge < -0.3 is 9.64 Å². The van der Waals surface area contributed by atoms with Gasteiger partial charge in [-0.05, 0) is 70.4 Å². The molecule has 1 amide bonds. The smallest absolute Gasteiger partial charge is 0.253 e.